The molecule has 0 saturated carbocycles. The lowest BCUT2D eigenvalue weighted by Gasteiger charge is -2.30. The fraction of sp³-hybridized carbons (Fsp3) is 0.625. The Balaban J connectivity index is 2.68. The summed E-state index contributed by atoms with van der Waals surface area (Å²) in [4.78, 5) is 18.2. The van der Waals surface area contributed by atoms with Crippen LogP contribution in [0.5, 0.6) is 0 Å². The molecule has 1 aromatic rings. The fourth-order valence-electron chi connectivity index (χ4n) is 3.16. The summed E-state index contributed by atoms with van der Waals surface area (Å²) >= 11 is 2.76. The Hall–Kier alpha value is -1.66. The SMILES string of the molecule is C=C/C=C\C(C#N)C(N)N(CCCCCCC)CCCc1csc(SC(C)(C)C(=O)O)n1. The molecule has 0 bridgehead atoms. The molecule has 0 radical (unpaired) electrons. The van der Waals surface area contributed by atoms with E-state index in [1.165, 1.54) is 48.8 Å². The number of hydrogen-bond donors (Lipinski definition) is 2. The molecule has 0 aliphatic carbocycles. The van der Waals surface area contributed by atoms with Crippen molar-refractivity contribution < 1.29 is 9.90 Å². The second-order valence-electron chi connectivity index (χ2n) is 8.34. The summed E-state index contributed by atoms with van der Waals surface area (Å²) in [5.74, 6) is -1.23. The largest absolute Gasteiger partial charge is 0.480 e. The molecule has 178 valence electrons. The van der Waals surface area contributed by atoms with Crippen molar-refractivity contribution in [3.05, 3.63) is 35.9 Å². The number of allylic oxidation sites excluding steroid dienone is 2. The average molecular weight is 479 g/mol. The van der Waals surface area contributed by atoms with Gasteiger partial charge in [0.25, 0.3) is 0 Å². The van der Waals surface area contributed by atoms with Crippen molar-refractivity contribution >= 4 is 29.1 Å². The third-order valence-corrected chi connectivity index (χ3v) is 7.38. The zero-order valence-electron chi connectivity index (χ0n) is 19.6. The molecule has 3 N–H and O–H groups in total. The van der Waals surface area contributed by atoms with E-state index in [4.69, 9.17) is 5.73 Å². The number of nitriles is 1. The summed E-state index contributed by atoms with van der Waals surface area (Å²) < 4.78 is -0.127. The van der Waals surface area contributed by atoms with Gasteiger partial charge in [-0.25, -0.2) is 4.98 Å². The van der Waals surface area contributed by atoms with Crippen LogP contribution in [-0.2, 0) is 11.2 Å². The van der Waals surface area contributed by atoms with Gasteiger partial charge in [0.05, 0.1) is 23.8 Å². The van der Waals surface area contributed by atoms with Crippen molar-refractivity contribution in [2.24, 2.45) is 11.7 Å². The van der Waals surface area contributed by atoms with E-state index in [2.05, 4.69) is 29.5 Å². The lowest BCUT2D eigenvalue weighted by Crippen LogP contribution is -2.47. The van der Waals surface area contributed by atoms with Gasteiger partial charge in [-0.2, -0.15) is 5.26 Å². The van der Waals surface area contributed by atoms with Gasteiger partial charge in [0.1, 0.15) is 4.75 Å². The summed E-state index contributed by atoms with van der Waals surface area (Å²) in [5, 5.41) is 20.9. The Morgan fingerprint density at radius 3 is 2.69 bits per heavy atom. The number of aryl methyl sites for hydroxylation is 1. The van der Waals surface area contributed by atoms with Crippen molar-refractivity contribution in [1.82, 2.24) is 9.88 Å². The molecule has 0 amide bonds. The molecule has 0 aliphatic heterocycles. The molecule has 0 aliphatic rings. The minimum atomic E-state index is -0.901. The number of unbranched alkanes of at least 4 members (excludes halogenated alkanes) is 4. The molecule has 32 heavy (non-hydrogen) atoms. The van der Waals surface area contributed by atoms with Gasteiger partial charge in [0.15, 0.2) is 4.34 Å². The lowest BCUT2D eigenvalue weighted by atomic mass is 10.0. The van der Waals surface area contributed by atoms with Crippen molar-refractivity contribution in [2.75, 3.05) is 13.1 Å². The summed E-state index contributed by atoms with van der Waals surface area (Å²) in [5.41, 5.74) is 7.45. The third kappa shape index (κ3) is 10.3. The molecule has 0 fully saturated rings. The first-order chi connectivity index (χ1) is 15.2. The molecule has 0 saturated heterocycles. The van der Waals surface area contributed by atoms with E-state index in [0.717, 1.165) is 42.4 Å². The molecule has 6 nitrogen and oxygen atoms in total. The molecular weight excluding hydrogens is 440 g/mol. The number of rotatable bonds is 17. The molecule has 0 spiro atoms. The van der Waals surface area contributed by atoms with Crippen molar-refractivity contribution in [2.45, 2.75) is 81.0 Å². The van der Waals surface area contributed by atoms with Crippen molar-refractivity contribution in [3.63, 3.8) is 0 Å². The zero-order valence-corrected chi connectivity index (χ0v) is 21.3. The molecule has 2 unspecified atom stereocenters. The first kappa shape index (κ1) is 28.4. The predicted octanol–water partition coefficient (Wildman–Crippen LogP) is 5.47. The number of nitrogens with two attached hydrogens (primary N) is 1. The molecule has 1 aromatic heterocycles. The van der Waals surface area contributed by atoms with Gasteiger partial charge >= 0.3 is 5.97 Å². The zero-order chi connectivity index (χ0) is 24.0. The molecule has 2 atom stereocenters. The van der Waals surface area contributed by atoms with E-state index in [0.29, 0.717) is 0 Å². The molecule has 1 heterocycles. The van der Waals surface area contributed by atoms with Crippen molar-refractivity contribution in [3.8, 4) is 6.07 Å². The fourth-order valence-corrected chi connectivity index (χ4v) is 5.39. The minimum absolute atomic E-state index is 0.361. The highest BCUT2D eigenvalue weighted by molar-refractivity contribution is 8.02. The van der Waals surface area contributed by atoms with E-state index in [1.807, 2.05) is 11.5 Å². The van der Waals surface area contributed by atoms with Crippen LogP contribution in [0.15, 0.2) is 34.5 Å². The number of nitrogens with zero attached hydrogens (tertiary/aromatic N) is 3. The van der Waals surface area contributed by atoms with Gasteiger partial charge in [0, 0.05) is 11.9 Å². The van der Waals surface area contributed by atoms with Crippen LogP contribution in [0.3, 0.4) is 0 Å². The van der Waals surface area contributed by atoms with Crippen LogP contribution in [0.2, 0.25) is 0 Å². The van der Waals surface area contributed by atoms with E-state index < -0.39 is 10.7 Å². The molecular formula is C24H38N4O2S2. The second kappa shape index (κ2) is 15.2. The number of carbonyl (C=O) groups is 1. The molecule has 1 rings (SSSR count). The van der Waals surface area contributed by atoms with E-state index in [-0.39, 0.29) is 12.1 Å². The topological polar surface area (TPSA) is 103 Å². The summed E-state index contributed by atoms with van der Waals surface area (Å²) in [6.45, 7) is 10.9. The van der Waals surface area contributed by atoms with E-state index in [9.17, 15) is 15.2 Å². The highest BCUT2D eigenvalue weighted by atomic mass is 32.2. The Bertz CT molecular complexity index is 770. The maximum Gasteiger partial charge on any atom is 0.319 e. The smallest absolute Gasteiger partial charge is 0.319 e. The molecule has 0 aromatic carbocycles. The van der Waals surface area contributed by atoms with E-state index >= 15 is 0 Å². The molecule has 8 heteroatoms. The number of aliphatic carboxylic acids is 1. The average Bonchev–Trinajstić information content (AvgIpc) is 3.18. The maximum atomic E-state index is 11.3. The Morgan fingerprint density at radius 1 is 1.38 bits per heavy atom. The monoisotopic (exact) mass is 478 g/mol. The number of thioether (sulfide) groups is 1. The van der Waals surface area contributed by atoms with Crippen LogP contribution in [0.4, 0.5) is 0 Å². The van der Waals surface area contributed by atoms with Gasteiger partial charge < -0.3 is 10.8 Å². The Labute approximate surface area is 201 Å². The number of carboxylic acids is 1. The van der Waals surface area contributed by atoms with Gasteiger partial charge in [-0.3, -0.25) is 9.69 Å². The summed E-state index contributed by atoms with van der Waals surface area (Å²) in [6.07, 6.45) is 12.5. The van der Waals surface area contributed by atoms with Gasteiger partial charge in [-0.1, -0.05) is 69.2 Å². The predicted molar refractivity (Wildman–Crippen MR) is 135 cm³/mol. The van der Waals surface area contributed by atoms with E-state index in [1.54, 1.807) is 26.0 Å². The standard InChI is InChI=1S/C24H38N4O2S2/c1-5-7-9-10-11-15-28(21(26)19(17-25)13-8-6-2)16-12-14-20-18-31-23(27-20)32-24(3,4)22(29)30/h6,8,13,18-19,21H,2,5,7,9-12,14-16,26H2,1,3-4H3,(H,29,30)/b13-8-. The quantitative estimate of drug-likeness (QED) is 0.132. The van der Waals surface area contributed by atoms with Crippen LogP contribution in [0.25, 0.3) is 0 Å². The second-order valence-corrected chi connectivity index (χ2v) is 11.1. The van der Waals surface area contributed by atoms with Crippen LogP contribution < -0.4 is 5.73 Å². The maximum absolute atomic E-state index is 11.3. The van der Waals surface area contributed by atoms with Crippen LogP contribution in [-0.4, -0.2) is 45.0 Å². The first-order valence-electron chi connectivity index (χ1n) is 11.3. The van der Waals surface area contributed by atoms with Crippen LogP contribution in [0, 0.1) is 17.2 Å². The Morgan fingerprint density at radius 2 is 2.06 bits per heavy atom. The van der Waals surface area contributed by atoms with Crippen LogP contribution in [0.1, 0.15) is 65.0 Å². The highest BCUT2D eigenvalue weighted by Crippen LogP contribution is 2.34. The van der Waals surface area contributed by atoms with Gasteiger partial charge in [0.2, 0.25) is 0 Å². The number of hydrogen-bond acceptors (Lipinski definition) is 7. The van der Waals surface area contributed by atoms with Gasteiger partial charge in [-0.15, -0.1) is 11.3 Å². The van der Waals surface area contributed by atoms with Crippen LogP contribution >= 0.6 is 23.1 Å². The minimum Gasteiger partial charge on any atom is -0.480 e. The number of thiazole rings is 1. The normalized spacial score (nSPS) is 13.9. The first-order valence-corrected chi connectivity index (χ1v) is 13.0. The number of carboxylic acid groups (broad SMARTS) is 1. The van der Waals surface area contributed by atoms with Crippen molar-refractivity contribution in [1.29, 1.82) is 5.26 Å². The lowest BCUT2D eigenvalue weighted by molar-refractivity contribution is -0.138. The summed E-state index contributed by atoms with van der Waals surface area (Å²) in [7, 11) is 0. The summed E-state index contributed by atoms with van der Waals surface area (Å²) in [6, 6.07) is 2.31. The third-order valence-electron chi connectivity index (χ3n) is 5.21. The highest BCUT2D eigenvalue weighted by Gasteiger charge is 2.29. The Kier molecular flexibility index (Phi) is 13.5. The number of aromatic nitrogens is 1. The van der Waals surface area contributed by atoms with Gasteiger partial charge in [-0.05, 0) is 39.7 Å².